The van der Waals surface area contributed by atoms with Gasteiger partial charge in [-0.25, -0.2) is 9.78 Å². The van der Waals surface area contributed by atoms with Crippen molar-refractivity contribution < 1.29 is 14.3 Å². The Labute approximate surface area is 209 Å². The van der Waals surface area contributed by atoms with Gasteiger partial charge < -0.3 is 10.1 Å². The van der Waals surface area contributed by atoms with Gasteiger partial charge in [0.25, 0.3) is 5.91 Å². The largest absolute Gasteiger partial charge is 0.449 e. The minimum absolute atomic E-state index is 0.0770. The number of esters is 1. The van der Waals surface area contributed by atoms with Crippen LogP contribution in [0.2, 0.25) is 5.02 Å². The summed E-state index contributed by atoms with van der Waals surface area (Å²) in [4.78, 5) is 30.9. The Morgan fingerprint density at radius 1 is 1.03 bits per heavy atom. The Kier molecular flexibility index (Phi) is 6.51. The fourth-order valence-electron chi connectivity index (χ4n) is 4.58. The molecular formula is C29H25ClN2O3. The van der Waals surface area contributed by atoms with E-state index < -0.39 is 12.1 Å². The zero-order valence-electron chi connectivity index (χ0n) is 19.3. The number of rotatable bonds is 5. The molecule has 1 N–H and O–H groups in total. The van der Waals surface area contributed by atoms with Crippen LogP contribution in [0.4, 0.5) is 0 Å². The number of carbonyl (C=O) groups is 2. The van der Waals surface area contributed by atoms with Gasteiger partial charge in [0.2, 0.25) is 0 Å². The lowest BCUT2D eigenvalue weighted by Crippen LogP contribution is -2.39. The first-order chi connectivity index (χ1) is 17.0. The number of aromatic nitrogens is 1. The Bertz CT molecular complexity index is 1400. The summed E-state index contributed by atoms with van der Waals surface area (Å²) in [6.45, 7) is 1.60. The number of aryl methyl sites for hydroxylation is 1. The molecule has 4 aromatic rings. The summed E-state index contributed by atoms with van der Waals surface area (Å²) in [5, 5.41) is 4.36. The number of nitrogens with zero attached hydrogens (tertiary/aromatic N) is 1. The van der Waals surface area contributed by atoms with Gasteiger partial charge in [-0.1, -0.05) is 66.2 Å². The van der Waals surface area contributed by atoms with Crippen LogP contribution in [0.15, 0.2) is 78.9 Å². The Morgan fingerprint density at radius 3 is 2.60 bits per heavy atom. The topological polar surface area (TPSA) is 68.3 Å². The maximum absolute atomic E-state index is 13.3. The molecule has 3 aromatic carbocycles. The van der Waals surface area contributed by atoms with Gasteiger partial charge in [0.05, 0.1) is 22.8 Å². The number of benzene rings is 3. The van der Waals surface area contributed by atoms with Crippen molar-refractivity contribution >= 4 is 34.4 Å². The van der Waals surface area contributed by atoms with Crippen molar-refractivity contribution in [2.45, 2.75) is 38.3 Å². The molecule has 0 saturated carbocycles. The van der Waals surface area contributed by atoms with E-state index in [9.17, 15) is 9.59 Å². The van der Waals surface area contributed by atoms with Gasteiger partial charge in [0.15, 0.2) is 6.10 Å². The third-order valence-electron chi connectivity index (χ3n) is 6.42. The molecule has 0 spiro atoms. The second-order valence-electron chi connectivity index (χ2n) is 8.78. The zero-order valence-corrected chi connectivity index (χ0v) is 20.1. The maximum Gasteiger partial charge on any atom is 0.339 e. The van der Waals surface area contributed by atoms with Crippen LogP contribution in [-0.4, -0.2) is 23.0 Å². The summed E-state index contributed by atoms with van der Waals surface area (Å²) in [5.41, 5.74) is 4.88. The van der Waals surface area contributed by atoms with Crippen molar-refractivity contribution in [1.82, 2.24) is 10.3 Å². The second-order valence-corrected chi connectivity index (χ2v) is 9.22. The molecule has 0 radical (unpaired) electrons. The molecule has 1 aliphatic carbocycles. The van der Waals surface area contributed by atoms with Gasteiger partial charge in [0.1, 0.15) is 0 Å². The van der Waals surface area contributed by atoms with Crippen LogP contribution >= 0.6 is 11.6 Å². The minimum Gasteiger partial charge on any atom is -0.449 e. The molecule has 5 nitrogen and oxygen atoms in total. The monoisotopic (exact) mass is 484 g/mol. The standard InChI is InChI=1S/C29H25ClN2O3/c1-18(28(33)32-25-12-6-8-19-7-2-3-9-22(19)25)35-29(34)24-17-27(20-13-15-21(30)16-14-20)31-26-11-5-4-10-23(24)26/h2-5,7,9-11,13-18,25H,6,8,12H2,1H3,(H,32,33)/t18-,25+/m1/s1. The van der Waals surface area contributed by atoms with Crippen LogP contribution in [0.5, 0.6) is 0 Å². The molecule has 0 aliphatic heterocycles. The van der Waals surface area contributed by atoms with Crippen molar-refractivity contribution in [3.8, 4) is 11.3 Å². The van der Waals surface area contributed by atoms with Crippen LogP contribution in [0.3, 0.4) is 0 Å². The molecule has 6 heteroatoms. The SMILES string of the molecule is C[C@@H](OC(=O)c1cc(-c2ccc(Cl)cc2)nc2ccccc12)C(=O)N[C@H]1CCCc2ccccc21. The number of fused-ring (bicyclic) bond motifs is 2. The van der Waals surface area contributed by atoms with Crippen molar-refractivity contribution in [2.24, 2.45) is 0 Å². The van der Waals surface area contributed by atoms with Crippen molar-refractivity contribution in [3.63, 3.8) is 0 Å². The Balaban J connectivity index is 1.37. The molecule has 2 atom stereocenters. The van der Waals surface area contributed by atoms with Crippen molar-refractivity contribution in [2.75, 3.05) is 0 Å². The van der Waals surface area contributed by atoms with Crippen LogP contribution in [0.25, 0.3) is 22.2 Å². The average Bonchev–Trinajstić information content (AvgIpc) is 2.88. The lowest BCUT2D eigenvalue weighted by atomic mass is 9.87. The van der Waals surface area contributed by atoms with E-state index in [-0.39, 0.29) is 11.9 Å². The van der Waals surface area contributed by atoms with E-state index in [1.54, 1.807) is 25.1 Å². The summed E-state index contributed by atoms with van der Waals surface area (Å²) in [7, 11) is 0. The predicted molar refractivity (Wildman–Crippen MR) is 137 cm³/mol. The van der Waals surface area contributed by atoms with Crippen LogP contribution < -0.4 is 5.32 Å². The lowest BCUT2D eigenvalue weighted by molar-refractivity contribution is -0.130. The molecule has 35 heavy (non-hydrogen) atoms. The average molecular weight is 485 g/mol. The quantitative estimate of drug-likeness (QED) is 0.338. The van der Waals surface area contributed by atoms with E-state index in [4.69, 9.17) is 21.3 Å². The van der Waals surface area contributed by atoms with Crippen LogP contribution in [-0.2, 0) is 16.0 Å². The van der Waals surface area contributed by atoms with Gasteiger partial charge in [-0.3, -0.25) is 4.79 Å². The summed E-state index contributed by atoms with van der Waals surface area (Å²) in [6.07, 6.45) is 1.94. The molecule has 1 heterocycles. The second kappa shape index (κ2) is 9.88. The first-order valence-electron chi connectivity index (χ1n) is 11.7. The highest BCUT2D eigenvalue weighted by Gasteiger charge is 2.26. The highest BCUT2D eigenvalue weighted by atomic mass is 35.5. The molecule has 1 aliphatic rings. The van der Waals surface area contributed by atoms with Crippen LogP contribution in [0.1, 0.15) is 47.3 Å². The number of nitrogens with one attached hydrogen (secondary N) is 1. The summed E-state index contributed by atoms with van der Waals surface area (Å²) in [6, 6.07) is 24.4. The molecule has 176 valence electrons. The third kappa shape index (κ3) is 4.91. The number of ether oxygens (including phenoxy) is 1. The van der Waals surface area contributed by atoms with E-state index in [2.05, 4.69) is 17.4 Å². The minimum atomic E-state index is -0.942. The highest BCUT2D eigenvalue weighted by molar-refractivity contribution is 6.30. The van der Waals surface area contributed by atoms with Crippen molar-refractivity contribution in [1.29, 1.82) is 0 Å². The molecule has 0 bridgehead atoms. The van der Waals surface area contributed by atoms with Crippen LogP contribution in [0, 0.1) is 0 Å². The number of hydrogen-bond donors (Lipinski definition) is 1. The number of halogens is 1. The van der Waals surface area contributed by atoms with Gasteiger partial charge in [-0.2, -0.15) is 0 Å². The molecule has 0 fully saturated rings. The summed E-state index contributed by atoms with van der Waals surface area (Å²) >= 11 is 6.03. The van der Waals surface area contributed by atoms with Gasteiger partial charge >= 0.3 is 5.97 Å². The first kappa shape index (κ1) is 23.1. The van der Waals surface area contributed by atoms with E-state index in [0.29, 0.717) is 27.2 Å². The zero-order chi connectivity index (χ0) is 24.4. The number of amides is 1. The number of pyridine rings is 1. The fraction of sp³-hybridized carbons (Fsp3) is 0.207. The molecule has 5 rings (SSSR count). The predicted octanol–water partition coefficient (Wildman–Crippen LogP) is 6.29. The summed E-state index contributed by atoms with van der Waals surface area (Å²) < 4.78 is 5.65. The number of carbonyl (C=O) groups excluding carboxylic acids is 2. The summed E-state index contributed by atoms with van der Waals surface area (Å²) in [5.74, 6) is -0.873. The molecular weight excluding hydrogens is 460 g/mol. The number of para-hydroxylation sites is 1. The van der Waals surface area contributed by atoms with Crippen molar-refractivity contribution in [3.05, 3.63) is 101 Å². The third-order valence-corrected chi connectivity index (χ3v) is 6.67. The number of hydrogen-bond acceptors (Lipinski definition) is 4. The van der Waals surface area contributed by atoms with E-state index >= 15 is 0 Å². The molecule has 0 unspecified atom stereocenters. The van der Waals surface area contributed by atoms with E-state index in [0.717, 1.165) is 30.4 Å². The highest BCUT2D eigenvalue weighted by Crippen LogP contribution is 2.30. The Hall–Kier alpha value is -3.70. The molecule has 1 aromatic heterocycles. The van der Waals surface area contributed by atoms with E-state index in [1.165, 1.54) is 5.56 Å². The van der Waals surface area contributed by atoms with Gasteiger partial charge in [-0.05, 0) is 61.6 Å². The molecule has 0 saturated heterocycles. The fourth-order valence-corrected chi connectivity index (χ4v) is 4.71. The van der Waals surface area contributed by atoms with Gasteiger partial charge in [0, 0.05) is 16.0 Å². The lowest BCUT2D eigenvalue weighted by Gasteiger charge is -2.27. The van der Waals surface area contributed by atoms with Gasteiger partial charge in [-0.15, -0.1) is 0 Å². The maximum atomic E-state index is 13.3. The van der Waals surface area contributed by atoms with E-state index in [1.807, 2.05) is 48.5 Å². The molecule has 1 amide bonds. The smallest absolute Gasteiger partial charge is 0.339 e. The normalized spacial score (nSPS) is 15.8. The Morgan fingerprint density at radius 2 is 1.77 bits per heavy atom. The first-order valence-corrected chi connectivity index (χ1v) is 12.1.